The van der Waals surface area contributed by atoms with Crippen molar-refractivity contribution in [1.82, 2.24) is 29.5 Å². The Morgan fingerprint density at radius 3 is 2.53 bits per heavy atom. The predicted octanol–water partition coefficient (Wildman–Crippen LogP) is 8.16. The molecule has 0 radical (unpaired) electrons. The van der Waals surface area contributed by atoms with Crippen LogP contribution < -0.4 is 14.4 Å². The summed E-state index contributed by atoms with van der Waals surface area (Å²) in [7, 11) is 2.05. The van der Waals surface area contributed by atoms with E-state index < -0.39 is 18.4 Å². The maximum Gasteiger partial charge on any atom is 0.422 e. The molecule has 0 aliphatic carbocycles. The van der Waals surface area contributed by atoms with E-state index in [4.69, 9.17) is 34.0 Å². The summed E-state index contributed by atoms with van der Waals surface area (Å²) in [5.41, 5.74) is 2.72. The molecule has 12 nitrogen and oxygen atoms in total. The van der Waals surface area contributed by atoms with Crippen LogP contribution in [0.4, 0.5) is 23.8 Å². The molecule has 1 amide bonds. The third-order valence-corrected chi connectivity index (χ3v) is 11.7. The first-order valence-electron chi connectivity index (χ1n) is 20.0. The van der Waals surface area contributed by atoms with Crippen LogP contribution in [0, 0.1) is 12.3 Å². The molecule has 15 heteroatoms. The highest BCUT2D eigenvalue weighted by Crippen LogP contribution is 2.49. The molecule has 4 aliphatic heterocycles. The van der Waals surface area contributed by atoms with Crippen LogP contribution >= 0.6 is 0 Å². The zero-order valence-corrected chi connectivity index (χ0v) is 33.5. The van der Waals surface area contributed by atoms with E-state index in [0.29, 0.717) is 67.3 Å². The Morgan fingerprint density at radius 1 is 1.04 bits per heavy atom. The molecule has 6 heterocycles. The second-order valence-corrected chi connectivity index (χ2v) is 17.2. The van der Waals surface area contributed by atoms with E-state index in [1.807, 2.05) is 57.6 Å². The molecule has 2 aromatic carbocycles. The molecule has 4 aromatic rings. The lowest BCUT2D eigenvalue weighted by Gasteiger charge is -2.47. The van der Waals surface area contributed by atoms with Gasteiger partial charge in [0.05, 0.1) is 11.7 Å². The number of likely N-dealkylation sites (tertiary alicyclic amines) is 2. The molecule has 4 saturated heterocycles. The first-order chi connectivity index (χ1) is 27.1. The normalized spacial score (nSPS) is 21.4. The number of halogens is 3. The van der Waals surface area contributed by atoms with Crippen LogP contribution in [-0.4, -0.2) is 113 Å². The average Bonchev–Trinajstić information content (AvgIpc) is 3.90. The molecular weight excluding hydrogens is 739 g/mol. The third-order valence-electron chi connectivity index (χ3n) is 11.7. The topological polar surface area (TPSA) is 107 Å². The fourth-order valence-corrected chi connectivity index (χ4v) is 8.90. The number of alkyl halides is 3. The van der Waals surface area contributed by atoms with Crippen molar-refractivity contribution in [3.05, 3.63) is 42.1 Å². The van der Waals surface area contributed by atoms with E-state index in [0.717, 1.165) is 61.5 Å². The van der Waals surface area contributed by atoms with Crippen LogP contribution in [0.1, 0.15) is 76.7 Å². The molecule has 2 unspecified atom stereocenters. The average molecular weight is 792 g/mol. The number of hydrogen-bond donors (Lipinski definition) is 0. The maximum atomic E-state index is 14.2. The minimum absolute atomic E-state index is 0.0304. The molecule has 0 saturated carbocycles. The number of benzene rings is 2. The lowest BCUT2D eigenvalue weighted by atomic mass is 9.79. The zero-order chi connectivity index (χ0) is 40.3. The van der Waals surface area contributed by atoms with Crippen LogP contribution in [0.2, 0.25) is 0 Å². The van der Waals surface area contributed by atoms with Crippen molar-refractivity contribution in [2.45, 2.75) is 90.3 Å². The van der Waals surface area contributed by atoms with Gasteiger partial charge in [-0.1, -0.05) is 18.7 Å². The van der Waals surface area contributed by atoms with Gasteiger partial charge >= 0.3 is 18.3 Å². The Morgan fingerprint density at radius 2 is 1.84 bits per heavy atom. The van der Waals surface area contributed by atoms with Crippen molar-refractivity contribution < 1.29 is 36.9 Å². The number of anilines is 1. The monoisotopic (exact) mass is 791 g/mol. The molecular formula is C42H52F3N7O5. The number of aryl methyl sites for hydroxylation is 1. The number of fused-ring (bicyclic) bond motifs is 2. The highest BCUT2D eigenvalue weighted by molar-refractivity contribution is 6.07. The van der Waals surface area contributed by atoms with Gasteiger partial charge in [-0.15, -0.1) is 0 Å². The summed E-state index contributed by atoms with van der Waals surface area (Å²) >= 11 is 0. The first-order valence-corrected chi connectivity index (χ1v) is 20.0. The molecule has 8 rings (SSSR count). The van der Waals surface area contributed by atoms with Gasteiger partial charge in [-0.25, -0.2) is 9.48 Å². The smallest absolute Gasteiger partial charge is 0.422 e. The van der Waals surface area contributed by atoms with Crippen molar-refractivity contribution in [2.24, 2.45) is 5.41 Å². The van der Waals surface area contributed by atoms with Crippen molar-refractivity contribution >= 4 is 39.8 Å². The lowest BCUT2D eigenvalue weighted by Crippen LogP contribution is -2.60. The highest BCUT2D eigenvalue weighted by atomic mass is 19.4. The summed E-state index contributed by atoms with van der Waals surface area (Å²) in [5, 5.41) is 6.02. The number of nitrogens with zero attached hydrogens (tertiary/aromatic N) is 7. The lowest BCUT2D eigenvalue weighted by molar-refractivity contribution is -0.153. The SMILES string of the molecule is C=Cc1cc2c(N3CCC4(CN(C(=O)OC(C)(C)C)C4)C3)nc(OCC3CCCN3C)nc2c(OCC(F)(F)F)c1-c1c(C)ccc2c1cnn2C1CCCCO1. The predicted molar refractivity (Wildman–Crippen MR) is 212 cm³/mol. The summed E-state index contributed by atoms with van der Waals surface area (Å²) in [5.74, 6) is 0.503. The van der Waals surface area contributed by atoms with E-state index in [-0.39, 0.29) is 41.1 Å². The van der Waals surface area contributed by atoms with E-state index in [1.165, 1.54) is 0 Å². The molecule has 1 spiro atoms. The summed E-state index contributed by atoms with van der Waals surface area (Å²) in [4.78, 5) is 28.8. The van der Waals surface area contributed by atoms with Crippen molar-refractivity contribution in [3.8, 4) is 22.9 Å². The van der Waals surface area contributed by atoms with E-state index in [9.17, 15) is 18.0 Å². The minimum Gasteiger partial charge on any atom is -0.481 e. The number of ether oxygens (including phenoxy) is 4. The standard InChI is InChI=1S/C42H52F3N7O5/c1-7-27-19-29-35(36(56-25-42(43,44)45)34(27)33-26(2)13-14-31-30(33)20-46-52(31)32-12-8-9-18-54-32)47-38(55-21-28-11-10-16-49(28)6)48-37(29)50-17-15-41(22-50)23-51(24-41)39(53)57-40(3,4)5/h7,13-14,19-20,28,32H,1,8-12,15-18,21-25H2,2-6H3. The molecule has 4 aliphatic rings. The fourth-order valence-electron chi connectivity index (χ4n) is 8.90. The van der Waals surface area contributed by atoms with Gasteiger partial charge in [-0.05, 0) is 109 Å². The largest absolute Gasteiger partial charge is 0.481 e. The van der Waals surface area contributed by atoms with Gasteiger partial charge in [0.25, 0.3) is 0 Å². The number of likely N-dealkylation sites (N-methyl/N-ethyl adjacent to an activating group) is 1. The Labute approximate surface area is 330 Å². The quantitative estimate of drug-likeness (QED) is 0.165. The number of carbonyl (C=O) groups is 1. The Kier molecular flexibility index (Phi) is 10.3. The third kappa shape index (κ3) is 7.84. The van der Waals surface area contributed by atoms with Crippen LogP contribution in [0.3, 0.4) is 0 Å². The molecule has 57 heavy (non-hydrogen) atoms. The van der Waals surface area contributed by atoms with Gasteiger partial charge in [0.2, 0.25) is 0 Å². The van der Waals surface area contributed by atoms with Crippen molar-refractivity contribution in [1.29, 1.82) is 0 Å². The zero-order valence-electron chi connectivity index (χ0n) is 33.5. The van der Waals surface area contributed by atoms with Gasteiger partial charge in [0.1, 0.15) is 23.5 Å². The van der Waals surface area contributed by atoms with Crippen LogP contribution in [0.5, 0.6) is 11.8 Å². The molecule has 2 aromatic heterocycles. The Hall–Kier alpha value is -4.63. The summed E-state index contributed by atoms with van der Waals surface area (Å²) < 4.78 is 68.3. The van der Waals surface area contributed by atoms with Gasteiger partial charge in [-0.2, -0.15) is 28.2 Å². The number of hydrogen-bond acceptors (Lipinski definition) is 10. The Bertz CT molecular complexity index is 2170. The number of aromatic nitrogens is 4. The number of carbonyl (C=O) groups excluding carboxylic acids is 1. The van der Waals surface area contributed by atoms with E-state index in [2.05, 4.69) is 16.4 Å². The molecule has 4 fully saturated rings. The van der Waals surface area contributed by atoms with E-state index in [1.54, 1.807) is 17.2 Å². The first kappa shape index (κ1) is 39.2. The molecule has 0 bridgehead atoms. The van der Waals surface area contributed by atoms with Crippen molar-refractivity contribution in [3.63, 3.8) is 0 Å². The summed E-state index contributed by atoms with van der Waals surface area (Å²) in [6.07, 6.45) is 3.76. The van der Waals surface area contributed by atoms with Crippen LogP contribution in [-0.2, 0) is 9.47 Å². The van der Waals surface area contributed by atoms with Gasteiger partial charge in [0, 0.05) is 60.6 Å². The summed E-state index contributed by atoms with van der Waals surface area (Å²) in [6, 6.07) is 6.04. The highest BCUT2D eigenvalue weighted by Gasteiger charge is 2.51. The van der Waals surface area contributed by atoms with Gasteiger partial charge in [0.15, 0.2) is 18.6 Å². The summed E-state index contributed by atoms with van der Waals surface area (Å²) in [6.45, 7) is 14.2. The minimum atomic E-state index is -4.63. The second kappa shape index (κ2) is 14.9. The number of rotatable bonds is 9. The van der Waals surface area contributed by atoms with Crippen LogP contribution in [0.15, 0.2) is 31.0 Å². The van der Waals surface area contributed by atoms with E-state index >= 15 is 0 Å². The maximum absolute atomic E-state index is 14.2. The fraction of sp³-hybridized carbons (Fsp3) is 0.571. The molecule has 0 N–H and O–H groups in total. The molecule has 306 valence electrons. The van der Waals surface area contributed by atoms with Gasteiger partial charge in [-0.3, -0.25) is 0 Å². The second-order valence-electron chi connectivity index (χ2n) is 17.2. The van der Waals surface area contributed by atoms with Crippen LogP contribution in [0.25, 0.3) is 39.0 Å². The van der Waals surface area contributed by atoms with Gasteiger partial charge < -0.3 is 33.6 Å². The molecule has 2 atom stereocenters. The Balaban J connectivity index is 1.26. The number of amides is 1. The van der Waals surface area contributed by atoms with Crippen molar-refractivity contribution in [2.75, 3.05) is 64.5 Å².